The Morgan fingerprint density at radius 3 is 2.60 bits per heavy atom. The Balaban J connectivity index is 2.14. The Labute approximate surface area is 147 Å². The van der Waals surface area contributed by atoms with Gasteiger partial charge in [-0.15, -0.1) is 11.8 Å². The predicted octanol–water partition coefficient (Wildman–Crippen LogP) is 2.43. The molecule has 0 aromatic heterocycles. The summed E-state index contributed by atoms with van der Waals surface area (Å²) in [6.45, 7) is 2.27. The van der Waals surface area contributed by atoms with E-state index in [4.69, 9.17) is 4.74 Å². The quantitative estimate of drug-likeness (QED) is 0.775. The highest BCUT2D eigenvalue weighted by Crippen LogP contribution is 2.41. The summed E-state index contributed by atoms with van der Waals surface area (Å²) in [7, 11) is 1.51. The molecule has 2 atom stereocenters. The van der Waals surface area contributed by atoms with Crippen LogP contribution in [0.4, 0.5) is 13.2 Å². The fourth-order valence-electron chi connectivity index (χ4n) is 2.50. The first-order valence-electron chi connectivity index (χ1n) is 7.62. The van der Waals surface area contributed by atoms with E-state index >= 15 is 0 Å². The van der Waals surface area contributed by atoms with Crippen LogP contribution in [0.25, 0.3) is 0 Å². The second kappa shape index (κ2) is 8.09. The van der Waals surface area contributed by atoms with Crippen LogP contribution in [0.1, 0.15) is 23.4 Å². The first kappa shape index (κ1) is 19.6. The summed E-state index contributed by atoms with van der Waals surface area (Å²) >= 11 is 1.29. The highest BCUT2D eigenvalue weighted by molar-refractivity contribution is 8.00. The van der Waals surface area contributed by atoms with Crippen molar-refractivity contribution in [1.82, 2.24) is 10.2 Å². The number of benzene rings is 1. The summed E-state index contributed by atoms with van der Waals surface area (Å²) in [6, 6.07) is 3.94. The van der Waals surface area contributed by atoms with E-state index in [-0.39, 0.29) is 17.6 Å². The number of nitrogens with zero attached hydrogens (tertiary/aromatic N) is 1. The van der Waals surface area contributed by atoms with Crippen LogP contribution in [-0.4, -0.2) is 48.8 Å². The van der Waals surface area contributed by atoms with Crippen molar-refractivity contribution in [2.24, 2.45) is 0 Å². The van der Waals surface area contributed by atoms with Gasteiger partial charge in [0.15, 0.2) is 0 Å². The van der Waals surface area contributed by atoms with Crippen molar-refractivity contribution in [2.45, 2.75) is 24.5 Å². The van der Waals surface area contributed by atoms with Gasteiger partial charge in [0, 0.05) is 13.7 Å². The fourth-order valence-corrected chi connectivity index (χ4v) is 3.76. The molecule has 138 valence electrons. The molecule has 1 fully saturated rings. The number of methoxy groups -OCH3 is 1. The number of thioether (sulfide) groups is 1. The lowest BCUT2D eigenvalue weighted by Gasteiger charge is -2.29. The molecule has 2 amide bonds. The molecule has 0 spiro atoms. The van der Waals surface area contributed by atoms with Crippen molar-refractivity contribution in [3.8, 4) is 0 Å². The molecular weight excluding hydrogens is 357 g/mol. The highest BCUT2D eigenvalue weighted by Gasteiger charge is 2.39. The van der Waals surface area contributed by atoms with Gasteiger partial charge in [-0.2, -0.15) is 13.2 Å². The summed E-state index contributed by atoms with van der Waals surface area (Å²) in [6.07, 6.45) is -4.41. The Bertz CT molecular complexity index is 622. The van der Waals surface area contributed by atoms with Gasteiger partial charge in [0.2, 0.25) is 11.8 Å². The molecule has 1 aromatic rings. The van der Waals surface area contributed by atoms with E-state index in [1.54, 1.807) is 6.92 Å². The first-order valence-corrected chi connectivity index (χ1v) is 8.67. The standard InChI is InChI=1S/C16H19F3N2O3S/c1-10(14(23)20-7-8-24-2)21-13(22)9-25-15(21)11-3-5-12(6-4-11)16(17,18)19/h3-6,10,15H,7-9H2,1-2H3,(H,20,23). The zero-order valence-electron chi connectivity index (χ0n) is 13.8. The molecule has 1 heterocycles. The van der Waals surface area contributed by atoms with Gasteiger partial charge in [-0.1, -0.05) is 12.1 Å². The van der Waals surface area contributed by atoms with Gasteiger partial charge in [-0.05, 0) is 24.6 Å². The largest absolute Gasteiger partial charge is 0.416 e. The molecule has 1 saturated heterocycles. The van der Waals surface area contributed by atoms with Crippen molar-refractivity contribution in [3.63, 3.8) is 0 Å². The molecule has 1 aliphatic rings. The molecule has 0 aliphatic carbocycles. The molecule has 1 N–H and O–H groups in total. The molecule has 2 rings (SSSR count). The van der Waals surface area contributed by atoms with Crippen LogP contribution in [0, 0.1) is 0 Å². The van der Waals surface area contributed by atoms with Gasteiger partial charge < -0.3 is 15.0 Å². The lowest BCUT2D eigenvalue weighted by atomic mass is 10.1. The second-order valence-electron chi connectivity index (χ2n) is 5.54. The van der Waals surface area contributed by atoms with Crippen molar-refractivity contribution >= 4 is 23.6 Å². The van der Waals surface area contributed by atoms with Crippen LogP contribution in [0.15, 0.2) is 24.3 Å². The third kappa shape index (κ3) is 4.66. The highest BCUT2D eigenvalue weighted by atomic mass is 32.2. The molecule has 2 unspecified atom stereocenters. The first-order chi connectivity index (χ1) is 11.8. The van der Waals surface area contributed by atoms with Crippen molar-refractivity contribution in [2.75, 3.05) is 26.0 Å². The van der Waals surface area contributed by atoms with Gasteiger partial charge in [-0.3, -0.25) is 9.59 Å². The third-order valence-electron chi connectivity index (χ3n) is 3.83. The Morgan fingerprint density at radius 1 is 1.40 bits per heavy atom. The smallest absolute Gasteiger partial charge is 0.383 e. The number of nitrogens with one attached hydrogen (secondary N) is 1. The second-order valence-corrected chi connectivity index (χ2v) is 6.61. The lowest BCUT2D eigenvalue weighted by Crippen LogP contribution is -2.47. The van der Waals surface area contributed by atoms with Gasteiger partial charge in [0.25, 0.3) is 0 Å². The summed E-state index contributed by atoms with van der Waals surface area (Å²) in [5, 5.41) is 2.18. The number of carbonyl (C=O) groups excluding carboxylic acids is 2. The minimum Gasteiger partial charge on any atom is -0.383 e. The summed E-state index contributed by atoms with van der Waals surface area (Å²) in [5.74, 6) is -0.365. The van der Waals surface area contributed by atoms with E-state index in [1.165, 1.54) is 35.9 Å². The Kier molecular flexibility index (Phi) is 6.34. The number of halogens is 3. The number of hydrogen-bond donors (Lipinski definition) is 1. The van der Waals surface area contributed by atoms with E-state index in [1.807, 2.05) is 0 Å². The molecule has 1 aromatic carbocycles. The van der Waals surface area contributed by atoms with Crippen molar-refractivity contribution < 1.29 is 27.5 Å². The zero-order valence-corrected chi connectivity index (χ0v) is 14.6. The van der Waals surface area contributed by atoms with E-state index in [2.05, 4.69) is 5.32 Å². The molecule has 0 saturated carbocycles. The lowest BCUT2D eigenvalue weighted by molar-refractivity contribution is -0.138. The molecule has 1 aliphatic heterocycles. The van der Waals surface area contributed by atoms with Crippen LogP contribution in [0.5, 0.6) is 0 Å². The minimum absolute atomic E-state index is 0.182. The van der Waals surface area contributed by atoms with Gasteiger partial charge in [0.05, 0.1) is 17.9 Å². The molecule has 9 heteroatoms. The molecule has 5 nitrogen and oxygen atoms in total. The van der Waals surface area contributed by atoms with E-state index in [9.17, 15) is 22.8 Å². The van der Waals surface area contributed by atoms with Gasteiger partial charge in [-0.25, -0.2) is 0 Å². The maximum Gasteiger partial charge on any atom is 0.416 e. The number of hydrogen-bond acceptors (Lipinski definition) is 4. The number of amides is 2. The summed E-state index contributed by atoms with van der Waals surface area (Å²) in [5.41, 5.74) is -0.192. The van der Waals surface area contributed by atoms with Crippen LogP contribution < -0.4 is 5.32 Å². The number of ether oxygens (including phenoxy) is 1. The summed E-state index contributed by atoms with van der Waals surface area (Å²) in [4.78, 5) is 25.8. The van der Waals surface area contributed by atoms with Crippen molar-refractivity contribution in [1.29, 1.82) is 0 Å². The Hall–Kier alpha value is -1.74. The molecule has 0 bridgehead atoms. The maximum atomic E-state index is 12.7. The topological polar surface area (TPSA) is 58.6 Å². The zero-order chi connectivity index (χ0) is 18.6. The molecule has 0 radical (unpaired) electrons. The third-order valence-corrected chi connectivity index (χ3v) is 5.06. The summed E-state index contributed by atoms with van der Waals surface area (Å²) < 4.78 is 42.9. The maximum absolute atomic E-state index is 12.7. The van der Waals surface area contributed by atoms with Gasteiger partial charge >= 0.3 is 6.18 Å². The van der Waals surface area contributed by atoms with Crippen LogP contribution >= 0.6 is 11.8 Å². The predicted molar refractivity (Wildman–Crippen MR) is 87.8 cm³/mol. The van der Waals surface area contributed by atoms with Gasteiger partial charge in [0.1, 0.15) is 11.4 Å². The normalized spacial score (nSPS) is 19.2. The number of alkyl halides is 3. The Morgan fingerprint density at radius 2 is 2.04 bits per heavy atom. The van der Waals surface area contributed by atoms with Crippen LogP contribution in [0.3, 0.4) is 0 Å². The monoisotopic (exact) mass is 376 g/mol. The average Bonchev–Trinajstić information content (AvgIpc) is 2.95. The van der Waals surface area contributed by atoms with E-state index < -0.39 is 23.2 Å². The van der Waals surface area contributed by atoms with Crippen molar-refractivity contribution in [3.05, 3.63) is 35.4 Å². The SMILES string of the molecule is COCCNC(=O)C(C)N1C(=O)CSC1c1ccc(C(F)(F)F)cc1. The van der Waals surface area contributed by atoms with E-state index in [0.29, 0.717) is 18.7 Å². The van der Waals surface area contributed by atoms with E-state index in [0.717, 1.165) is 12.1 Å². The minimum atomic E-state index is -4.41. The average molecular weight is 376 g/mol. The molecular formula is C16H19F3N2O3S. The van der Waals surface area contributed by atoms with Crippen LogP contribution in [0.2, 0.25) is 0 Å². The number of rotatable bonds is 6. The van der Waals surface area contributed by atoms with Crippen LogP contribution in [-0.2, 0) is 20.5 Å². The molecule has 25 heavy (non-hydrogen) atoms. The fraction of sp³-hybridized carbons (Fsp3) is 0.500. The number of carbonyl (C=O) groups is 2.